The van der Waals surface area contributed by atoms with Crippen molar-refractivity contribution < 1.29 is 14.3 Å². The summed E-state index contributed by atoms with van der Waals surface area (Å²) >= 11 is 0. The highest BCUT2D eigenvalue weighted by molar-refractivity contribution is 5.87. The van der Waals surface area contributed by atoms with E-state index < -0.39 is 0 Å². The van der Waals surface area contributed by atoms with E-state index in [1.165, 1.54) is 0 Å². The molecular weight excluding hydrogens is 132 g/mol. The van der Waals surface area contributed by atoms with Gasteiger partial charge in [-0.15, -0.1) is 0 Å². The predicted molar refractivity (Wildman–Crippen MR) is 33.7 cm³/mol. The molecule has 2 aliphatic rings. The van der Waals surface area contributed by atoms with Crippen molar-refractivity contribution in [2.45, 2.75) is 19.1 Å². The molecule has 3 atom stereocenters. The Bertz CT molecular complexity index is 166. The minimum atomic E-state index is -0.241. The molecule has 2 rings (SSSR count). The van der Waals surface area contributed by atoms with Gasteiger partial charge in [-0.2, -0.15) is 0 Å². The molecule has 2 heterocycles. The number of hydrogen-bond acceptors (Lipinski definition) is 3. The number of carbonyl (C=O) groups excluding carboxylic acids is 1. The van der Waals surface area contributed by atoms with Crippen LogP contribution < -0.4 is 0 Å². The first-order valence-corrected chi connectivity index (χ1v) is 3.55. The van der Waals surface area contributed by atoms with Crippen molar-refractivity contribution in [3.63, 3.8) is 0 Å². The minimum Gasteiger partial charge on any atom is -0.367 e. The summed E-state index contributed by atoms with van der Waals surface area (Å²) in [6.07, 6.45) is -0.192. The smallest absolute Gasteiger partial charge is 0.189 e. The lowest BCUT2D eigenvalue weighted by atomic mass is 10.0. The van der Waals surface area contributed by atoms with Gasteiger partial charge in [0.15, 0.2) is 5.78 Å². The fraction of sp³-hybridized carbons (Fsp3) is 0.857. The molecular formula is C7H10O3. The lowest BCUT2D eigenvalue weighted by Crippen LogP contribution is -2.24. The van der Waals surface area contributed by atoms with Gasteiger partial charge in [0.25, 0.3) is 0 Å². The van der Waals surface area contributed by atoms with Gasteiger partial charge in [-0.25, -0.2) is 0 Å². The number of rotatable bonds is 0. The van der Waals surface area contributed by atoms with Gasteiger partial charge >= 0.3 is 0 Å². The maximum absolute atomic E-state index is 11.0. The van der Waals surface area contributed by atoms with E-state index in [1.54, 1.807) is 0 Å². The van der Waals surface area contributed by atoms with Gasteiger partial charge in [-0.1, -0.05) is 6.92 Å². The average Bonchev–Trinajstić information content (AvgIpc) is 2.41. The largest absolute Gasteiger partial charge is 0.367 e. The van der Waals surface area contributed by atoms with E-state index in [9.17, 15) is 4.79 Å². The highest BCUT2D eigenvalue weighted by Gasteiger charge is 2.44. The van der Waals surface area contributed by atoms with Crippen LogP contribution in [0.4, 0.5) is 0 Å². The van der Waals surface area contributed by atoms with E-state index in [1.807, 2.05) is 6.92 Å². The molecule has 0 aromatic rings. The van der Waals surface area contributed by atoms with Crippen LogP contribution in [0, 0.1) is 5.92 Å². The third-order valence-corrected chi connectivity index (χ3v) is 2.13. The Labute approximate surface area is 59.3 Å². The van der Waals surface area contributed by atoms with Crippen LogP contribution in [-0.4, -0.2) is 31.2 Å². The summed E-state index contributed by atoms with van der Waals surface area (Å²) < 4.78 is 10.5. The Balaban J connectivity index is 2.16. The average molecular weight is 142 g/mol. The topological polar surface area (TPSA) is 35.5 Å². The first kappa shape index (κ1) is 6.31. The first-order chi connectivity index (χ1) is 4.79. The van der Waals surface area contributed by atoms with E-state index >= 15 is 0 Å². The summed E-state index contributed by atoms with van der Waals surface area (Å²) in [5.74, 6) is 0.491. The van der Waals surface area contributed by atoms with Gasteiger partial charge in [0.1, 0.15) is 12.7 Å². The Kier molecular flexibility index (Phi) is 1.28. The number of hydrogen-bond donors (Lipinski definition) is 0. The summed E-state index contributed by atoms with van der Waals surface area (Å²) in [7, 11) is 0. The lowest BCUT2D eigenvalue weighted by Gasteiger charge is -2.07. The molecule has 2 fully saturated rings. The van der Waals surface area contributed by atoms with E-state index in [4.69, 9.17) is 9.47 Å². The molecule has 0 aromatic carbocycles. The third-order valence-electron chi connectivity index (χ3n) is 2.13. The quantitative estimate of drug-likeness (QED) is 0.477. The molecule has 2 saturated heterocycles. The van der Waals surface area contributed by atoms with Crippen molar-refractivity contribution in [2.24, 2.45) is 5.92 Å². The highest BCUT2D eigenvalue weighted by atomic mass is 16.6. The van der Waals surface area contributed by atoms with Crippen molar-refractivity contribution in [2.75, 3.05) is 13.2 Å². The molecule has 0 aliphatic carbocycles. The molecule has 0 N–H and O–H groups in total. The fourth-order valence-corrected chi connectivity index (χ4v) is 1.53. The van der Waals surface area contributed by atoms with Crippen LogP contribution in [0.3, 0.4) is 0 Å². The van der Waals surface area contributed by atoms with Crippen molar-refractivity contribution in [1.29, 1.82) is 0 Å². The molecule has 0 radical (unpaired) electrons. The van der Waals surface area contributed by atoms with Crippen LogP contribution in [-0.2, 0) is 14.3 Å². The van der Waals surface area contributed by atoms with Crippen LogP contribution in [0.1, 0.15) is 6.92 Å². The van der Waals surface area contributed by atoms with E-state index in [2.05, 4.69) is 0 Å². The molecule has 0 bridgehead atoms. The molecule has 0 spiro atoms. The monoisotopic (exact) mass is 142 g/mol. The molecule has 3 nitrogen and oxygen atoms in total. The zero-order valence-corrected chi connectivity index (χ0v) is 5.87. The van der Waals surface area contributed by atoms with Gasteiger partial charge in [-0.05, 0) is 0 Å². The Hall–Kier alpha value is -0.410. The normalized spacial score (nSPS) is 46.1. The van der Waals surface area contributed by atoms with E-state index in [0.717, 1.165) is 0 Å². The van der Waals surface area contributed by atoms with Gasteiger partial charge < -0.3 is 9.47 Å². The SMILES string of the molecule is C[C@@H]1CO[C@H]2C(=O)CO[C@@H]12. The van der Waals surface area contributed by atoms with E-state index in [0.29, 0.717) is 12.5 Å². The van der Waals surface area contributed by atoms with Crippen molar-refractivity contribution >= 4 is 5.78 Å². The molecule has 0 aromatic heterocycles. The summed E-state index contributed by atoms with van der Waals surface area (Å²) in [6.45, 7) is 2.96. The maximum atomic E-state index is 11.0. The van der Waals surface area contributed by atoms with Gasteiger partial charge in [0.05, 0.1) is 12.7 Å². The zero-order valence-electron chi connectivity index (χ0n) is 5.87. The minimum absolute atomic E-state index is 0.0486. The second-order valence-electron chi connectivity index (χ2n) is 2.97. The molecule has 10 heavy (non-hydrogen) atoms. The van der Waals surface area contributed by atoms with Crippen molar-refractivity contribution in [1.82, 2.24) is 0 Å². The third kappa shape index (κ3) is 0.707. The summed E-state index contributed by atoms with van der Waals surface area (Å²) in [4.78, 5) is 11.0. The van der Waals surface area contributed by atoms with Crippen LogP contribution >= 0.6 is 0 Å². The maximum Gasteiger partial charge on any atom is 0.189 e. The van der Waals surface area contributed by atoms with Crippen LogP contribution in [0.2, 0.25) is 0 Å². The molecule has 2 aliphatic heterocycles. The Morgan fingerprint density at radius 1 is 1.50 bits per heavy atom. The molecule has 0 unspecified atom stereocenters. The Morgan fingerprint density at radius 3 is 3.00 bits per heavy atom. The predicted octanol–water partition coefficient (Wildman–Crippen LogP) is -0.0108. The standard InChI is InChI=1S/C7H10O3/c1-4-2-9-7-5(8)3-10-6(4)7/h4,6-7H,2-3H2,1H3/t4-,6+,7+/m1/s1. The van der Waals surface area contributed by atoms with Crippen molar-refractivity contribution in [3.8, 4) is 0 Å². The second-order valence-corrected chi connectivity index (χ2v) is 2.97. The number of fused-ring (bicyclic) bond motifs is 1. The highest BCUT2D eigenvalue weighted by Crippen LogP contribution is 2.27. The molecule has 3 heteroatoms. The number of Topliss-reactive ketones (excluding diaryl/α,β-unsaturated/α-hetero) is 1. The van der Waals surface area contributed by atoms with Crippen LogP contribution in [0.5, 0.6) is 0 Å². The van der Waals surface area contributed by atoms with Crippen LogP contribution in [0.25, 0.3) is 0 Å². The zero-order chi connectivity index (χ0) is 7.14. The van der Waals surface area contributed by atoms with E-state index in [-0.39, 0.29) is 24.6 Å². The molecule has 56 valence electrons. The summed E-state index contributed by atoms with van der Waals surface area (Å²) in [6, 6.07) is 0. The molecule has 0 amide bonds. The number of carbonyl (C=O) groups is 1. The number of ether oxygens (including phenoxy) is 2. The summed E-state index contributed by atoms with van der Waals surface area (Å²) in [5.41, 5.74) is 0. The second kappa shape index (κ2) is 2.04. The lowest BCUT2D eigenvalue weighted by molar-refractivity contribution is -0.125. The van der Waals surface area contributed by atoms with Gasteiger partial charge in [0.2, 0.25) is 0 Å². The van der Waals surface area contributed by atoms with Gasteiger partial charge in [0, 0.05) is 5.92 Å². The fourth-order valence-electron chi connectivity index (χ4n) is 1.53. The van der Waals surface area contributed by atoms with Crippen molar-refractivity contribution in [3.05, 3.63) is 0 Å². The molecule has 0 saturated carbocycles. The first-order valence-electron chi connectivity index (χ1n) is 3.55. The Morgan fingerprint density at radius 2 is 2.30 bits per heavy atom. The number of ketones is 1. The summed E-state index contributed by atoms with van der Waals surface area (Å²) in [5, 5.41) is 0. The van der Waals surface area contributed by atoms with Crippen LogP contribution in [0.15, 0.2) is 0 Å². The van der Waals surface area contributed by atoms with Gasteiger partial charge in [-0.3, -0.25) is 4.79 Å².